The van der Waals surface area contributed by atoms with Crippen molar-refractivity contribution >= 4 is 5.95 Å². The van der Waals surface area contributed by atoms with Crippen molar-refractivity contribution in [2.24, 2.45) is 0 Å². The molecule has 0 aliphatic rings. The van der Waals surface area contributed by atoms with Gasteiger partial charge >= 0.3 is 0 Å². The summed E-state index contributed by atoms with van der Waals surface area (Å²) in [6.07, 6.45) is 1.49. The Morgan fingerprint density at radius 1 is 1.40 bits per heavy atom. The molecule has 4 heteroatoms. The molecule has 1 aromatic carbocycles. The number of aromatic amines is 1. The van der Waals surface area contributed by atoms with E-state index in [1.54, 1.807) is 0 Å². The van der Waals surface area contributed by atoms with Crippen LogP contribution in [0.3, 0.4) is 0 Å². The normalized spacial score (nSPS) is 10.2. The van der Waals surface area contributed by atoms with E-state index in [0.717, 1.165) is 11.1 Å². The molecule has 1 heterocycles. The molecule has 0 fully saturated rings. The summed E-state index contributed by atoms with van der Waals surface area (Å²) in [4.78, 5) is 17.9. The lowest BCUT2D eigenvalue weighted by atomic mass is 10.1. The fraction of sp³-hybridized carbons (Fsp3) is 0.0909. The zero-order valence-corrected chi connectivity index (χ0v) is 8.32. The van der Waals surface area contributed by atoms with Gasteiger partial charge < -0.3 is 5.73 Å². The number of nitrogen functional groups attached to an aromatic ring is 1. The summed E-state index contributed by atoms with van der Waals surface area (Å²) in [5.74, 6) is 0.136. The van der Waals surface area contributed by atoms with Crippen molar-refractivity contribution in [3.8, 4) is 11.1 Å². The Bertz CT molecular complexity index is 546. The lowest BCUT2D eigenvalue weighted by Gasteiger charge is -2.01. The third-order valence-electron chi connectivity index (χ3n) is 2.15. The molecule has 0 radical (unpaired) electrons. The Kier molecular flexibility index (Phi) is 2.25. The first-order valence-corrected chi connectivity index (χ1v) is 4.58. The molecule has 0 aliphatic heterocycles. The second-order valence-electron chi connectivity index (χ2n) is 3.38. The van der Waals surface area contributed by atoms with Crippen molar-refractivity contribution in [2.75, 3.05) is 5.73 Å². The fourth-order valence-corrected chi connectivity index (χ4v) is 1.43. The standard InChI is InChI=1S/C11H11N3O/c1-7-3-2-4-8(5-7)9-6-13-11(12)14-10(9)15/h2-6H,1H3,(H3,12,13,14,15). The van der Waals surface area contributed by atoms with Crippen molar-refractivity contribution in [2.45, 2.75) is 6.92 Å². The molecule has 2 rings (SSSR count). The summed E-state index contributed by atoms with van der Waals surface area (Å²) >= 11 is 0. The summed E-state index contributed by atoms with van der Waals surface area (Å²) in [5, 5.41) is 0. The van der Waals surface area contributed by atoms with Crippen molar-refractivity contribution in [3.63, 3.8) is 0 Å². The highest BCUT2D eigenvalue weighted by Crippen LogP contribution is 2.15. The van der Waals surface area contributed by atoms with Gasteiger partial charge in [0, 0.05) is 6.20 Å². The minimum atomic E-state index is -0.215. The van der Waals surface area contributed by atoms with Crippen molar-refractivity contribution in [3.05, 3.63) is 46.4 Å². The van der Waals surface area contributed by atoms with Crippen LogP contribution in [0.25, 0.3) is 11.1 Å². The third-order valence-corrected chi connectivity index (χ3v) is 2.15. The number of hydrogen-bond acceptors (Lipinski definition) is 3. The van der Waals surface area contributed by atoms with E-state index < -0.39 is 0 Å². The van der Waals surface area contributed by atoms with Crippen LogP contribution in [0, 0.1) is 6.92 Å². The van der Waals surface area contributed by atoms with Crippen LogP contribution in [-0.2, 0) is 0 Å². The number of benzene rings is 1. The van der Waals surface area contributed by atoms with Gasteiger partial charge in [-0.1, -0.05) is 29.8 Å². The van der Waals surface area contributed by atoms with Crippen LogP contribution in [-0.4, -0.2) is 9.97 Å². The van der Waals surface area contributed by atoms with Gasteiger partial charge in [0.05, 0.1) is 5.56 Å². The number of H-pyrrole nitrogens is 1. The van der Waals surface area contributed by atoms with Gasteiger partial charge in [0.25, 0.3) is 5.56 Å². The smallest absolute Gasteiger partial charge is 0.260 e. The van der Waals surface area contributed by atoms with E-state index >= 15 is 0 Å². The van der Waals surface area contributed by atoms with Crippen LogP contribution in [0.2, 0.25) is 0 Å². The largest absolute Gasteiger partial charge is 0.369 e. The summed E-state index contributed by atoms with van der Waals surface area (Å²) in [5.41, 5.74) is 7.64. The zero-order valence-electron chi connectivity index (χ0n) is 8.32. The Hall–Kier alpha value is -2.10. The minimum absolute atomic E-state index is 0.136. The molecule has 0 bridgehead atoms. The molecule has 4 nitrogen and oxygen atoms in total. The predicted octanol–water partition coefficient (Wildman–Crippen LogP) is 1.33. The van der Waals surface area contributed by atoms with Crippen LogP contribution in [0.1, 0.15) is 5.56 Å². The molecule has 2 aromatic rings. The minimum Gasteiger partial charge on any atom is -0.369 e. The van der Waals surface area contributed by atoms with Gasteiger partial charge in [0.1, 0.15) is 0 Å². The molecule has 0 spiro atoms. The molecule has 0 saturated heterocycles. The number of nitrogens with one attached hydrogen (secondary N) is 1. The molecular weight excluding hydrogens is 190 g/mol. The average molecular weight is 201 g/mol. The summed E-state index contributed by atoms with van der Waals surface area (Å²) in [6.45, 7) is 1.97. The molecule has 76 valence electrons. The summed E-state index contributed by atoms with van der Waals surface area (Å²) in [6, 6.07) is 7.68. The van der Waals surface area contributed by atoms with Gasteiger partial charge in [0.2, 0.25) is 0 Å². The number of aryl methyl sites for hydroxylation is 1. The van der Waals surface area contributed by atoms with E-state index in [0.29, 0.717) is 5.56 Å². The SMILES string of the molecule is Cc1cccc(-c2cnc(N)[nH]c2=O)c1. The van der Waals surface area contributed by atoms with Crippen molar-refractivity contribution in [1.29, 1.82) is 0 Å². The molecule has 0 aliphatic carbocycles. The average Bonchev–Trinajstić information content (AvgIpc) is 2.17. The second-order valence-corrected chi connectivity index (χ2v) is 3.38. The third kappa shape index (κ3) is 1.88. The van der Waals surface area contributed by atoms with Crippen LogP contribution in [0.5, 0.6) is 0 Å². The maximum Gasteiger partial charge on any atom is 0.260 e. The van der Waals surface area contributed by atoms with Crippen molar-refractivity contribution in [1.82, 2.24) is 9.97 Å². The van der Waals surface area contributed by atoms with Gasteiger partial charge in [-0.05, 0) is 12.5 Å². The van der Waals surface area contributed by atoms with E-state index in [1.807, 2.05) is 31.2 Å². The topological polar surface area (TPSA) is 71.8 Å². The number of aromatic nitrogens is 2. The maximum absolute atomic E-state index is 11.6. The van der Waals surface area contributed by atoms with E-state index in [2.05, 4.69) is 9.97 Å². The van der Waals surface area contributed by atoms with Gasteiger partial charge in [-0.3, -0.25) is 9.78 Å². The molecule has 0 unspecified atom stereocenters. The highest BCUT2D eigenvalue weighted by Gasteiger charge is 2.03. The Balaban J connectivity index is 2.59. The van der Waals surface area contributed by atoms with Crippen LogP contribution >= 0.6 is 0 Å². The molecule has 3 N–H and O–H groups in total. The number of nitrogens with zero attached hydrogens (tertiary/aromatic N) is 1. The number of anilines is 1. The van der Waals surface area contributed by atoms with E-state index in [1.165, 1.54) is 6.20 Å². The lowest BCUT2D eigenvalue weighted by molar-refractivity contribution is 1.14. The van der Waals surface area contributed by atoms with Crippen molar-refractivity contribution < 1.29 is 0 Å². The van der Waals surface area contributed by atoms with Gasteiger partial charge in [-0.15, -0.1) is 0 Å². The fourth-order valence-electron chi connectivity index (χ4n) is 1.43. The van der Waals surface area contributed by atoms with E-state index in [9.17, 15) is 4.79 Å². The van der Waals surface area contributed by atoms with E-state index in [-0.39, 0.29) is 11.5 Å². The molecule has 0 atom stereocenters. The molecule has 15 heavy (non-hydrogen) atoms. The van der Waals surface area contributed by atoms with E-state index in [4.69, 9.17) is 5.73 Å². The molecule has 1 aromatic heterocycles. The second kappa shape index (κ2) is 3.57. The Labute approximate surface area is 86.8 Å². The maximum atomic E-state index is 11.6. The zero-order chi connectivity index (χ0) is 10.8. The number of hydrogen-bond donors (Lipinski definition) is 2. The highest BCUT2D eigenvalue weighted by molar-refractivity contribution is 5.62. The quantitative estimate of drug-likeness (QED) is 0.731. The number of nitrogens with two attached hydrogens (primary N) is 1. The van der Waals surface area contributed by atoms with Crippen LogP contribution in [0.4, 0.5) is 5.95 Å². The number of rotatable bonds is 1. The van der Waals surface area contributed by atoms with Crippen LogP contribution < -0.4 is 11.3 Å². The first kappa shape index (κ1) is 9.45. The van der Waals surface area contributed by atoms with Gasteiger partial charge in [0.15, 0.2) is 5.95 Å². The van der Waals surface area contributed by atoms with Gasteiger partial charge in [-0.25, -0.2) is 4.98 Å². The highest BCUT2D eigenvalue weighted by atomic mass is 16.1. The van der Waals surface area contributed by atoms with Gasteiger partial charge in [-0.2, -0.15) is 0 Å². The molecular formula is C11H11N3O. The predicted molar refractivity (Wildman–Crippen MR) is 59.4 cm³/mol. The van der Waals surface area contributed by atoms with Crippen LogP contribution in [0.15, 0.2) is 35.3 Å². The molecule has 0 amide bonds. The summed E-state index contributed by atoms with van der Waals surface area (Å²) in [7, 11) is 0. The Morgan fingerprint density at radius 3 is 2.87 bits per heavy atom. The molecule has 0 saturated carbocycles. The monoisotopic (exact) mass is 201 g/mol. The first-order chi connectivity index (χ1) is 7.16. The summed E-state index contributed by atoms with van der Waals surface area (Å²) < 4.78 is 0. The Morgan fingerprint density at radius 2 is 2.20 bits per heavy atom. The lowest BCUT2D eigenvalue weighted by Crippen LogP contribution is -2.12. The first-order valence-electron chi connectivity index (χ1n) is 4.58.